The zero-order valence-electron chi connectivity index (χ0n) is 10.9. The summed E-state index contributed by atoms with van der Waals surface area (Å²) in [6, 6.07) is 1.96. The average Bonchev–Trinajstić information content (AvgIpc) is 2.57. The standard InChI is InChI=1S/C11H21N3O2S/c1-11(2,17(4,15)16)9-12-7-5-10-6-8-13-14(10)3/h6,8,12H,5,7,9H2,1-4H3. The van der Waals surface area contributed by atoms with Crippen LogP contribution in [0.25, 0.3) is 0 Å². The van der Waals surface area contributed by atoms with Gasteiger partial charge in [-0.3, -0.25) is 4.68 Å². The lowest BCUT2D eigenvalue weighted by atomic mass is 10.2. The van der Waals surface area contributed by atoms with Crippen LogP contribution in [0.1, 0.15) is 19.5 Å². The van der Waals surface area contributed by atoms with Gasteiger partial charge in [0.2, 0.25) is 0 Å². The normalized spacial score (nSPS) is 12.9. The number of hydrogen-bond acceptors (Lipinski definition) is 4. The largest absolute Gasteiger partial charge is 0.315 e. The molecule has 0 atom stereocenters. The van der Waals surface area contributed by atoms with Crippen LogP contribution in [0, 0.1) is 0 Å². The van der Waals surface area contributed by atoms with E-state index in [-0.39, 0.29) is 0 Å². The summed E-state index contributed by atoms with van der Waals surface area (Å²) in [5, 5.41) is 7.25. The SMILES string of the molecule is Cn1nccc1CCNCC(C)(C)S(C)(=O)=O. The Morgan fingerprint density at radius 2 is 2.12 bits per heavy atom. The Morgan fingerprint density at radius 3 is 2.59 bits per heavy atom. The lowest BCUT2D eigenvalue weighted by Gasteiger charge is -2.22. The van der Waals surface area contributed by atoms with Gasteiger partial charge in [-0.05, 0) is 19.9 Å². The highest BCUT2D eigenvalue weighted by atomic mass is 32.2. The third-order valence-corrected chi connectivity index (χ3v) is 5.19. The molecule has 0 aliphatic rings. The minimum Gasteiger partial charge on any atom is -0.315 e. The maximum Gasteiger partial charge on any atom is 0.153 e. The van der Waals surface area contributed by atoms with Crippen molar-refractivity contribution in [3.63, 3.8) is 0 Å². The minimum atomic E-state index is -3.02. The highest BCUT2D eigenvalue weighted by Crippen LogP contribution is 2.13. The summed E-state index contributed by atoms with van der Waals surface area (Å²) in [6.07, 6.45) is 3.88. The molecule has 1 rings (SSSR count). The fourth-order valence-corrected chi connectivity index (χ4v) is 1.75. The van der Waals surface area contributed by atoms with Crippen molar-refractivity contribution in [2.24, 2.45) is 7.05 Å². The van der Waals surface area contributed by atoms with Crippen molar-refractivity contribution in [1.29, 1.82) is 0 Å². The van der Waals surface area contributed by atoms with Crippen LogP contribution in [-0.2, 0) is 23.3 Å². The van der Waals surface area contributed by atoms with Crippen molar-refractivity contribution in [3.8, 4) is 0 Å². The summed E-state index contributed by atoms with van der Waals surface area (Å²) in [7, 11) is -1.13. The monoisotopic (exact) mass is 259 g/mol. The molecule has 1 N–H and O–H groups in total. The average molecular weight is 259 g/mol. The Labute approximate surface area is 103 Å². The summed E-state index contributed by atoms with van der Waals surface area (Å²) in [4.78, 5) is 0. The van der Waals surface area contributed by atoms with Gasteiger partial charge in [0.25, 0.3) is 0 Å². The van der Waals surface area contributed by atoms with Gasteiger partial charge < -0.3 is 5.32 Å². The Kier molecular flexibility index (Phi) is 4.32. The lowest BCUT2D eigenvalue weighted by Crippen LogP contribution is -2.42. The van der Waals surface area contributed by atoms with E-state index in [1.165, 1.54) is 6.26 Å². The molecule has 1 aromatic heterocycles. The van der Waals surface area contributed by atoms with Crippen LogP contribution in [0.15, 0.2) is 12.3 Å². The van der Waals surface area contributed by atoms with E-state index in [0.29, 0.717) is 6.54 Å². The van der Waals surface area contributed by atoms with E-state index in [1.807, 2.05) is 17.8 Å². The molecule has 0 radical (unpaired) electrons. The highest BCUT2D eigenvalue weighted by molar-refractivity contribution is 7.92. The molecule has 0 spiro atoms. The van der Waals surface area contributed by atoms with Crippen molar-refractivity contribution in [2.45, 2.75) is 25.0 Å². The van der Waals surface area contributed by atoms with Crippen LogP contribution in [-0.4, -0.2) is 42.3 Å². The molecule has 0 saturated carbocycles. The molecule has 6 heteroatoms. The maximum absolute atomic E-state index is 11.5. The van der Waals surface area contributed by atoms with E-state index in [2.05, 4.69) is 10.4 Å². The molecule has 17 heavy (non-hydrogen) atoms. The predicted molar refractivity (Wildman–Crippen MR) is 68.7 cm³/mol. The summed E-state index contributed by atoms with van der Waals surface area (Å²) >= 11 is 0. The zero-order valence-corrected chi connectivity index (χ0v) is 11.7. The first-order valence-corrected chi connectivity index (χ1v) is 7.50. The molecule has 0 aliphatic heterocycles. The first kappa shape index (κ1) is 14.2. The molecular formula is C11H21N3O2S. The van der Waals surface area contributed by atoms with Crippen LogP contribution >= 0.6 is 0 Å². The molecule has 1 aromatic rings. The molecule has 0 amide bonds. The van der Waals surface area contributed by atoms with Crippen molar-refractivity contribution in [2.75, 3.05) is 19.3 Å². The number of rotatable bonds is 6. The number of sulfone groups is 1. The van der Waals surface area contributed by atoms with E-state index in [1.54, 1.807) is 20.0 Å². The molecular weight excluding hydrogens is 238 g/mol. The van der Waals surface area contributed by atoms with Gasteiger partial charge in [0.05, 0.1) is 4.75 Å². The summed E-state index contributed by atoms with van der Waals surface area (Å²) < 4.78 is 24.1. The highest BCUT2D eigenvalue weighted by Gasteiger charge is 2.29. The molecule has 0 fully saturated rings. The predicted octanol–water partition coefficient (Wildman–Crippen LogP) is 0.375. The quantitative estimate of drug-likeness (QED) is 0.750. The first-order chi connectivity index (χ1) is 7.74. The van der Waals surface area contributed by atoms with Gasteiger partial charge in [-0.25, -0.2) is 8.42 Å². The molecule has 0 aromatic carbocycles. The van der Waals surface area contributed by atoms with Crippen LogP contribution in [0.2, 0.25) is 0 Å². The van der Waals surface area contributed by atoms with Crippen molar-refractivity contribution in [1.82, 2.24) is 15.1 Å². The molecule has 0 bridgehead atoms. The molecule has 0 saturated heterocycles. The fraction of sp³-hybridized carbons (Fsp3) is 0.727. The van der Waals surface area contributed by atoms with Crippen molar-refractivity contribution >= 4 is 9.84 Å². The van der Waals surface area contributed by atoms with Crippen molar-refractivity contribution < 1.29 is 8.42 Å². The molecule has 0 aliphatic carbocycles. The third-order valence-electron chi connectivity index (χ3n) is 3.03. The Balaban J connectivity index is 2.37. The van der Waals surface area contributed by atoms with Gasteiger partial charge in [-0.15, -0.1) is 0 Å². The summed E-state index contributed by atoms with van der Waals surface area (Å²) in [5.41, 5.74) is 1.13. The second-order valence-corrected chi connectivity index (χ2v) is 7.55. The van der Waals surface area contributed by atoms with E-state index in [9.17, 15) is 8.42 Å². The number of aromatic nitrogens is 2. The second-order valence-electron chi connectivity index (χ2n) is 4.90. The smallest absolute Gasteiger partial charge is 0.153 e. The van der Waals surface area contributed by atoms with Gasteiger partial charge in [0.15, 0.2) is 9.84 Å². The lowest BCUT2D eigenvalue weighted by molar-refractivity contribution is 0.520. The second kappa shape index (κ2) is 5.18. The Morgan fingerprint density at radius 1 is 1.47 bits per heavy atom. The Hall–Kier alpha value is -0.880. The molecule has 5 nitrogen and oxygen atoms in total. The summed E-state index contributed by atoms with van der Waals surface area (Å²) in [5.74, 6) is 0. The van der Waals surface area contributed by atoms with Gasteiger partial charge in [-0.1, -0.05) is 0 Å². The topological polar surface area (TPSA) is 64.0 Å². The van der Waals surface area contributed by atoms with E-state index in [4.69, 9.17) is 0 Å². The van der Waals surface area contributed by atoms with Gasteiger partial charge >= 0.3 is 0 Å². The molecule has 1 heterocycles. The van der Waals surface area contributed by atoms with Gasteiger partial charge in [0.1, 0.15) is 0 Å². The molecule has 98 valence electrons. The molecule has 0 unspecified atom stereocenters. The minimum absolute atomic E-state index is 0.462. The van der Waals surface area contributed by atoms with Crippen molar-refractivity contribution in [3.05, 3.63) is 18.0 Å². The third kappa shape index (κ3) is 3.81. The van der Waals surface area contributed by atoms with E-state index >= 15 is 0 Å². The fourth-order valence-electron chi connectivity index (χ4n) is 1.38. The zero-order chi connectivity index (χ0) is 13.1. The Bertz CT molecular complexity index is 463. The number of nitrogens with one attached hydrogen (secondary N) is 1. The summed E-state index contributed by atoms with van der Waals surface area (Å²) in [6.45, 7) is 4.68. The van der Waals surface area contributed by atoms with Gasteiger partial charge in [-0.2, -0.15) is 5.10 Å². The van der Waals surface area contributed by atoms with Crippen LogP contribution in [0.5, 0.6) is 0 Å². The number of aryl methyl sites for hydroxylation is 1. The number of nitrogens with zero attached hydrogens (tertiary/aromatic N) is 2. The first-order valence-electron chi connectivity index (χ1n) is 5.61. The number of hydrogen-bond donors (Lipinski definition) is 1. The van der Waals surface area contributed by atoms with Crippen LogP contribution in [0.4, 0.5) is 0 Å². The van der Waals surface area contributed by atoms with Crippen LogP contribution < -0.4 is 5.32 Å². The maximum atomic E-state index is 11.5. The van der Waals surface area contributed by atoms with E-state index < -0.39 is 14.6 Å². The van der Waals surface area contributed by atoms with Crippen LogP contribution in [0.3, 0.4) is 0 Å². The van der Waals surface area contributed by atoms with Gasteiger partial charge in [0, 0.05) is 44.7 Å². The van der Waals surface area contributed by atoms with E-state index in [0.717, 1.165) is 18.7 Å².